The average molecular weight is 166 g/mol. The van der Waals surface area contributed by atoms with Gasteiger partial charge in [-0.15, -0.1) is 0 Å². The van der Waals surface area contributed by atoms with Crippen LogP contribution in [0.4, 0.5) is 0 Å². The second-order valence-corrected chi connectivity index (χ2v) is 4.38. The van der Waals surface area contributed by atoms with Crippen molar-refractivity contribution in [2.75, 3.05) is 0 Å². The van der Waals surface area contributed by atoms with Crippen LogP contribution in [0, 0.1) is 11.8 Å². The number of carbonyl (C=O) groups is 1. The summed E-state index contributed by atoms with van der Waals surface area (Å²) in [6.45, 7) is 0. The molecule has 0 N–H and O–H groups in total. The van der Waals surface area contributed by atoms with Crippen LogP contribution >= 0.6 is 0 Å². The number of carbonyl (C=O) groups excluding carboxylic acids is 1. The molecule has 0 amide bonds. The van der Waals surface area contributed by atoms with Crippen LogP contribution < -0.4 is 0 Å². The molecule has 0 aromatic carbocycles. The lowest BCUT2D eigenvalue weighted by molar-refractivity contribution is -0.135. The Kier molecular flexibility index (Phi) is 0.820. The summed E-state index contributed by atoms with van der Waals surface area (Å²) >= 11 is 0. The zero-order chi connectivity index (χ0) is 7.87. The molecule has 2 heterocycles. The van der Waals surface area contributed by atoms with Crippen molar-refractivity contribution in [2.24, 2.45) is 11.8 Å². The summed E-state index contributed by atoms with van der Waals surface area (Å²) in [6, 6.07) is 0. The van der Waals surface area contributed by atoms with Crippen molar-refractivity contribution in [3.8, 4) is 0 Å². The minimum absolute atomic E-state index is 0.289. The predicted molar refractivity (Wildman–Crippen MR) is 38.5 cm³/mol. The number of Topliss-reactive ketones (excluding diaryl/α,β-unsaturated/α-hetero) is 1. The van der Waals surface area contributed by atoms with Crippen LogP contribution in [-0.2, 0) is 14.3 Å². The van der Waals surface area contributed by atoms with E-state index in [0.717, 1.165) is 12.8 Å². The topological polar surface area (TPSA) is 42.1 Å². The van der Waals surface area contributed by atoms with Gasteiger partial charge in [0, 0.05) is 18.3 Å². The Bertz CT molecular complexity index is 275. The molecule has 64 valence electrons. The summed E-state index contributed by atoms with van der Waals surface area (Å²) in [7, 11) is 0. The van der Waals surface area contributed by atoms with E-state index in [2.05, 4.69) is 0 Å². The largest absolute Gasteiger partial charge is 0.367 e. The summed E-state index contributed by atoms with van der Waals surface area (Å²) in [6.07, 6.45) is 3.20. The molecule has 2 aliphatic heterocycles. The van der Waals surface area contributed by atoms with Crippen molar-refractivity contribution < 1.29 is 14.3 Å². The number of fused-ring (bicyclic) bond motifs is 5. The highest BCUT2D eigenvalue weighted by Crippen LogP contribution is 2.55. The lowest BCUT2D eigenvalue weighted by Gasteiger charge is -2.33. The molecule has 2 aliphatic carbocycles. The van der Waals surface area contributed by atoms with E-state index in [9.17, 15) is 4.79 Å². The normalized spacial score (nSPS) is 65.2. The molecule has 2 saturated heterocycles. The molecule has 0 aromatic rings. The summed E-state index contributed by atoms with van der Waals surface area (Å²) in [5.74, 6) is 1.28. The third-order valence-electron chi connectivity index (χ3n) is 3.78. The highest BCUT2D eigenvalue weighted by molar-refractivity contribution is 5.88. The van der Waals surface area contributed by atoms with Gasteiger partial charge in [-0.2, -0.15) is 0 Å². The van der Waals surface area contributed by atoms with E-state index in [4.69, 9.17) is 9.47 Å². The number of epoxide rings is 2. The van der Waals surface area contributed by atoms with Crippen LogP contribution in [0.25, 0.3) is 0 Å². The van der Waals surface area contributed by atoms with Crippen LogP contribution in [0.3, 0.4) is 0 Å². The summed E-state index contributed by atoms with van der Waals surface area (Å²) in [5, 5.41) is 0. The Morgan fingerprint density at radius 1 is 1.17 bits per heavy atom. The second-order valence-electron chi connectivity index (χ2n) is 4.38. The van der Waals surface area contributed by atoms with Crippen molar-refractivity contribution in [3.63, 3.8) is 0 Å². The van der Waals surface area contributed by atoms with Crippen molar-refractivity contribution in [1.82, 2.24) is 0 Å². The first kappa shape index (κ1) is 6.11. The van der Waals surface area contributed by atoms with Crippen LogP contribution in [0.1, 0.15) is 12.8 Å². The fourth-order valence-electron chi connectivity index (χ4n) is 2.89. The molecular formula is C9H10O3. The van der Waals surface area contributed by atoms with E-state index in [1.165, 1.54) is 0 Å². The van der Waals surface area contributed by atoms with Gasteiger partial charge < -0.3 is 9.47 Å². The molecule has 0 radical (unpaired) electrons. The number of hydrogen-bond donors (Lipinski definition) is 0. The Balaban J connectivity index is 1.69. The zero-order valence-corrected chi connectivity index (χ0v) is 6.60. The quantitative estimate of drug-likeness (QED) is 0.480. The monoisotopic (exact) mass is 166 g/mol. The lowest BCUT2D eigenvalue weighted by Crippen LogP contribution is -2.40. The molecule has 0 bridgehead atoms. The van der Waals surface area contributed by atoms with E-state index < -0.39 is 0 Å². The van der Waals surface area contributed by atoms with Gasteiger partial charge in [0.1, 0.15) is 18.0 Å². The summed E-state index contributed by atoms with van der Waals surface area (Å²) in [4.78, 5) is 11.2. The van der Waals surface area contributed by atoms with Gasteiger partial charge in [0.2, 0.25) is 0 Å². The molecular weight excluding hydrogens is 156 g/mol. The summed E-state index contributed by atoms with van der Waals surface area (Å²) in [5.41, 5.74) is 0. The second kappa shape index (κ2) is 1.61. The Labute approximate surface area is 70.0 Å². The van der Waals surface area contributed by atoms with E-state index in [0.29, 0.717) is 36.1 Å². The number of ketones is 1. The molecule has 4 fully saturated rings. The molecule has 4 aliphatic rings. The van der Waals surface area contributed by atoms with Gasteiger partial charge >= 0.3 is 0 Å². The molecule has 4 rings (SSSR count). The molecule has 12 heavy (non-hydrogen) atoms. The molecule has 0 unspecified atom stereocenters. The van der Waals surface area contributed by atoms with Gasteiger partial charge in [0.05, 0.1) is 12.2 Å². The van der Waals surface area contributed by atoms with E-state index >= 15 is 0 Å². The van der Waals surface area contributed by atoms with Crippen molar-refractivity contribution in [1.29, 1.82) is 0 Å². The number of hydrogen-bond acceptors (Lipinski definition) is 3. The first-order valence-electron chi connectivity index (χ1n) is 4.68. The highest BCUT2D eigenvalue weighted by atomic mass is 16.7. The maximum absolute atomic E-state index is 11.2. The molecule has 3 nitrogen and oxygen atoms in total. The zero-order valence-electron chi connectivity index (χ0n) is 6.60. The third kappa shape index (κ3) is 0.559. The van der Waals surface area contributed by atoms with Crippen LogP contribution in [0.2, 0.25) is 0 Å². The van der Waals surface area contributed by atoms with Crippen molar-refractivity contribution in [2.45, 2.75) is 37.3 Å². The Hall–Kier alpha value is -0.410. The Morgan fingerprint density at radius 2 is 2.08 bits per heavy atom. The molecule has 0 aromatic heterocycles. The van der Waals surface area contributed by atoms with Gasteiger partial charge in [-0.1, -0.05) is 0 Å². The standard InChI is InChI=1S/C9H10O3/c10-5-1-4-3(5)2-6-8(11-6)9-7(4)12-9/h3-4,6-9H,1-2H2/t3-,4-,6-,7+,8-,9+/m1/s1. The average Bonchev–Trinajstić information content (AvgIpc) is 2.86. The third-order valence-corrected chi connectivity index (χ3v) is 3.78. The SMILES string of the molecule is O=C1C[C@H]2[C@@H]3O[C@@H]3[C@@H]3O[C@@H]3C[C@@H]12. The lowest BCUT2D eigenvalue weighted by atomic mass is 9.69. The van der Waals surface area contributed by atoms with Gasteiger partial charge in [-0.05, 0) is 6.42 Å². The van der Waals surface area contributed by atoms with Gasteiger partial charge in [-0.25, -0.2) is 0 Å². The predicted octanol–water partition coefficient (Wildman–Crippen LogP) is 0.130. The highest BCUT2D eigenvalue weighted by Gasteiger charge is 2.67. The minimum Gasteiger partial charge on any atom is -0.367 e. The summed E-state index contributed by atoms with van der Waals surface area (Å²) < 4.78 is 11.0. The van der Waals surface area contributed by atoms with Crippen molar-refractivity contribution in [3.05, 3.63) is 0 Å². The minimum atomic E-state index is 0.289. The maximum atomic E-state index is 11.2. The molecule has 6 atom stereocenters. The van der Waals surface area contributed by atoms with Crippen molar-refractivity contribution >= 4 is 5.78 Å². The fraction of sp³-hybridized carbons (Fsp3) is 0.889. The fourth-order valence-corrected chi connectivity index (χ4v) is 2.89. The van der Waals surface area contributed by atoms with Gasteiger partial charge in [0.15, 0.2) is 0 Å². The van der Waals surface area contributed by atoms with E-state index in [-0.39, 0.29) is 5.92 Å². The van der Waals surface area contributed by atoms with E-state index in [1.54, 1.807) is 0 Å². The smallest absolute Gasteiger partial charge is 0.136 e. The van der Waals surface area contributed by atoms with Crippen LogP contribution in [0.5, 0.6) is 0 Å². The first-order chi connectivity index (χ1) is 5.84. The maximum Gasteiger partial charge on any atom is 0.136 e. The first-order valence-corrected chi connectivity index (χ1v) is 4.68. The van der Waals surface area contributed by atoms with E-state index in [1.807, 2.05) is 0 Å². The number of ether oxygens (including phenoxy) is 2. The van der Waals surface area contributed by atoms with Gasteiger partial charge in [0.25, 0.3) is 0 Å². The Morgan fingerprint density at radius 3 is 2.92 bits per heavy atom. The molecule has 2 saturated carbocycles. The molecule has 3 heteroatoms. The molecule has 0 spiro atoms. The van der Waals surface area contributed by atoms with Gasteiger partial charge in [-0.3, -0.25) is 4.79 Å². The number of rotatable bonds is 0. The van der Waals surface area contributed by atoms with Crippen LogP contribution in [0.15, 0.2) is 0 Å². The van der Waals surface area contributed by atoms with Crippen LogP contribution in [-0.4, -0.2) is 30.2 Å².